The molecule has 326 valence electrons. The molecular formula is C39H44N3O14S4Si+. The Labute approximate surface area is 357 Å². The monoisotopic (exact) mass is 934 g/mol. The first-order chi connectivity index (χ1) is 28.6. The highest BCUT2D eigenvalue weighted by molar-refractivity contribution is 7.86. The zero-order chi connectivity index (χ0) is 44.9. The van der Waals surface area contributed by atoms with E-state index in [0.29, 0.717) is 31.6 Å². The summed E-state index contributed by atoms with van der Waals surface area (Å²) in [5.41, 5.74) is 9.35. The minimum Gasteiger partial charge on any atom is -0.481 e. The van der Waals surface area contributed by atoms with Gasteiger partial charge in [-0.2, -0.15) is 16.8 Å². The molecule has 0 saturated heterocycles. The molecule has 0 spiro atoms. The smallest absolute Gasteiger partial charge is 0.425 e. The lowest BCUT2D eigenvalue weighted by Gasteiger charge is -2.39. The SMILES string of the molecule is C[Si]1(C)c2cc3c(cc2C(=[NH+]CCCC(=O)O)c2cc4c(cc21)N(Cc1ccccc1S(=O)(=O)O)CCC4)CCCN3Cc1ccc(S(=O)(=O)O)cc1.O=S(=O)=O.O=S(=O)=O. The van der Waals surface area contributed by atoms with Gasteiger partial charge in [-0.25, -0.2) is 4.99 Å². The Morgan fingerprint density at radius 2 is 1.21 bits per heavy atom. The molecule has 17 nitrogen and oxygen atoms in total. The topological polar surface area (TPSA) is 269 Å². The number of fused-ring (bicyclic) bond motifs is 4. The standard InChI is InChI=1S/C39H43N3O8S2Si.2O3S/c1-53(2)36-22-33-27(9-6-18-41(33)24-26-13-15-30(16-14-26)51(45,46)47)20-31(36)39(40-17-5-12-38(43)44)32-21-28-10-7-19-42(34(28)23-37(32)53)25-29-8-3-4-11-35(29)52(48,49)50;2*1-4(2)3/h3-4,8,11,13-16,20-23H,5-7,9-10,12,17-19,24-25H2,1-2H3,(H,43,44)(H,45,46,47)(H,48,49,50);;/p+1. The average molecular weight is 935 g/mol. The zero-order valence-corrected chi connectivity index (χ0v) is 37.3. The quantitative estimate of drug-likeness (QED) is 0.0981. The van der Waals surface area contributed by atoms with Gasteiger partial charge >= 0.3 is 27.2 Å². The summed E-state index contributed by atoms with van der Waals surface area (Å²) < 4.78 is 118. The molecule has 22 heteroatoms. The number of hydrogen-bond donors (Lipinski definition) is 4. The summed E-state index contributed by atoms with van der Waals surface area (Å²) >= 11 is 0. The van der Waals surface area contributed by atoms with Crippen LogP contribution in [0, 0.1) is 0 Å². The Hall–Kier alpha value is -5.10. The maximum Gasteiger partial charge on any atom is 0.425 e. The van der Waals surface area contributed by atoms with E-state index in [4.69, 9.17) is 25.3 Å². The summed E-state index contributed by atoms with van der Waals surface area (Å²) in [7, 11) is -17.3. The summed E-state index contributed by atoms with van der Waals surface area (Å²) in [6, 6.07) is 22.1. The van der Waals surface area contributed by atoms with Crippen molar-refractivity contribution in [1.82, 2.24) is 0 Å². The van der Waals surface area contributed by atoms with Crippen molar-refractivity contribution < 1.29 is 66.1 Å². The first-order valence-electron chi connectivity index (χ1n) is 18.9. The van der Waals surface area contributed by atoms with Crippen LogP contribution in [0.2, 0.25) is 13.1 Å². The van der Waals surface area contributed by atoms with Crippen LogP contribution >= 0.6 is 0 Å². The average Bonchev–Trinajstić information content (AvgIpc) is 3.16. The van der Waals surface area contributed by atoms with Crippen LogP contribution in [-0.2, 0) is 72.2 Å². The third kappa shape index (κ3) is 11.6. The normalized spacial score (nSPS) is 15.7. The van der Waals surface area contributed by atoms with Crippen LogP contribution in [0.3, 0.4) is 0 Å². The van der Waals surface area contributed by atoms with Crippen LogP contribution in [0.15, 0.2) is 82.6 Å². The van der Waals surface area contributed by atoms with Crippen molar-refractivity contribution in [1.29, 1.82) is 0 Å². The van der Waals surface area contributed by atoms with E-state index in [1.807, 2.05) is 0 Å². The Kier molecular flexibility index (Phi) is 14.9. The molecule has 0 unspecified atom stereocenters. The number of benzene rings is 4. The van der Waals surface area contributed by atoms with E-state index in [9.17, 15) is 35.8 Å². The van der Waals surface area contributed by atoms with Crippen LogP contribution in [0.25, 0.3) is 0 Å². The number of anilines is 2. The van der Waals surface area contributed by atoms with Crippen molar-refractivity contribution in [3.05, 3.63) is 106 Å². The van der Waals surface area contributed by atoms with Crippen molar-refractivity contribution in [2.45, 2.75) is 74.5 Å². The molecular weight excluding hydrogens is 891 g/mol. The second kappa shape index (κ2) is 19.3. The molecule has 0 fully saturated rings. The second-order valence-electron chi connectivity index (χ2n) is 15.1. The lowest BCUT2D eigenvalue weighted by Crippen LogP contribution is -2.77. The molecule has 7 rings (SSSR count). The molecule has 4 N–H and O–H groups in total. The Balaban J connectivity index is 0.000000810. The first kappa shape index (κ1) is 47.0. The molecule has 0 atom stereocenters. The number of rotatable bonds is 10. The Bertz CT molecular complexity index is 2790. The molecule has 0 aromatic heterocycles. The van der Waals surface area contributed by atoms with Crippen LogP contribution in [0.5, 0.6) is 0 Å². The van der Waals surface area contributed by atoms with Crippen LogP contribution in [0.1, 0.15) is 59.1 Å². The Morgan fingerprint density at radius 3 is 1.69 bits per heavy atom. The highest BCUT2D eigenvalue weighted by atomic mass is 32.2. The highest BCUT2D eigenvalue weighted by Crippen LogP contribution is 2.36. The van der Waals surface area contributed by atoms with Crippen LogP contribution in [-0.4, -0.2) is 95.7 Å². The van der Waals surface area contributed by atoms with Gasteiger partial charge in [0.25, 0.3) is 20.2 Å². The summed E-state index contributed by atoms with van der Waals surface area (Å²) in [5, 5.41) is 11.8. The fraction of sp³-hybridized carbons (Fsp3) is 0.333. The molecule has 0 radical (unpaired) electrons. The van der Waals surface area contributed by atoms with Crippen LogP contribution in [0.4, 0.5) is 11.4 Å². The minimum atomic E-state index is -4.40. The zero-order valence-electron chi connectivity index (χ0n) is 33.1. The number of nitrogens with one attached hydrogen (secondary N) is 1. The van der Waals surface area contributed by atoms with E-state index >= 15 is 0 Å². The highest BCUT2D eigenvalue weighted by Gasteiger charge is 2.42. The van der Waals surface area contributed by atoms with Gasteiger partial charge in [0.2, 0.25) is 5.71 Å². The van der Waals surface area contributed by atoms with Gasteiger partial charge in [0.05, 0.1) is 16.2 Å². The van der Waals surface area contributed by atoms with E-state index in [1.54, 1.807) is 30.3 Å². The number of aryl methyl sites for hydroxylation is 2. The van der Waals surface area contributed by atoms with E-state index < -0.39 is 55.5 Å². The second-order valence-corrected chi connectivity index (χ2v) is 23.1. The summed E-state index contributed by atoms with van der Waals surface area (Å²) in [5.74, 6) is -0.832. The van der Waals surface area contributed by atoms with E-state index in [-0.39, 0.29) is 16.2 Å². The number of hydrogen-bond acceptors (Lipinski definition) is 13. The molecule has 3 aliphatic heterocycles. The third-order valence-electron chi connectivity index (χ3n) is 10.8. The Morgan fingerprint density at radius 1 is 0.721 bits per heavy atom. The van der Waals surface area contributed by atoms with E-state index in [2.05, 4.69) is 52.2 Å². The number of nitrogens with zero attached hydrogens (tertiary/aromatic N) is 2. The van der Waals surface area contributed by atoms with Crippen molar-refractivity contribution in [2.24, 2.45) is 0 Å². The molecule has 3 heterocycles. The van der Waals surface area contributed by atoms with Crippen molar-refractivity contribution in [3.63, 3.8) is 0 Å². The number of aliphatic carboxylic acids is 1. The van der Waals surface area contributed by atoms with Gasteiger partial charge in [-0.3, -0.25) is 13.9 Å². The lowest BCUT2D eigenvalue weighted by atomic mass is 9.91. The first-order valence-corrected chi connectivity index (χ1v) is 26.8. The third-order valence-corrected chi connectivity index (χ3v) is 16.2. The summed E-state index contributed by atoms with van der Waals surface area (Å²) in [6.45, 7) is 7.69. The lowest BCUT2D eigenvalue weighted by molar-refractivity contribution is -0.456. The maximum absolute atomic E-state index is 12.3. The molecule has 0 aliphatic carbocycles. The summed E-state index contributed by atoms with van der Waals surface area (Å²) in [6.07, 6.45) is 4.16. The molecule has 3 aliphatic rings. The minimum absolute atomic E-state index is 0.0643. The van der Waals surface area contributed by atoms with Gasteiger partial charge < -0.3 is 14.9 Å². The van der Waals surface area contributed by atoms with Gasteiger partial charge in [0.1, 0.15) is 14.6 Å². The fourth-order valence-corrected chi connectivity index (χ4v) is 12.4. The summed E-state index contributed by atoms with van der Waals surface area (Å²) in [4.78, 5) is 19.4. The van der Waals surface area contributed by atoms with Gasteiger partial charge in [0, 0.05) is 55.1 Å². The predicted molar refractivity (Wildman–Crippen MR) is 226 cm³/mol. The molecule has 0 bridgehead atoms. The van der Waals surface area contributed by atoms with Gasteiger partial charge in [0.15, 0.2) is 0 Å². The molecule has 4 aromatic rings. The fourth-order valence-electron chi connectivity index (χ4n) is 8.21. The molecule has 0 amide bonds. The number of carboxylic acid groups (broad SMARTS) is 1. The van der Waals surface area contributed by atoms with E-state index in [1.165, 1.54) is 39.7 Å². The van der Waals surface area contributed by atoms with Crippen molar-refractivity contribution >= 4 is 83.0 Å². The predicted octanol–water partition coefficient (Wildman–Crippen LogP) is 0.996. The molecule has 0 saturated carbocycles. The molecule has 61 heavy (non-hydrogen) atoms. The maximum atomic E-state index is 12.3. The van der Waals surface area contributed by atoms with Crippen molar-refractivity contribution in [2.75, 3.05) is 29.4 Å². The van der Waals surface area contributed by atoms with E-state index in [0.717, 1.165) is 72.5 Å². The van der Waals surface area contributed by atoms with Gasteiger partial charge in [-0.15, -0.1) is 25.3 Å². The number of carbonyl (C=O) groups is 1. The van der Waals surface area contributed by atoms with Crippen molar-refractivity contribution in [3.8, 4) is 0 Å². The number of carboxylic acids is 1. The largest absolute Gasteiger partial charge is 0.481 e. The van der Waals surface area contributed by atoms with Crippen LogP contribution < -0.4 is 25.2 Å². The van der Waals surface area contributed by atoms with Gasteiger partial charge in [-0.05, 0) is 101 Å². The van der Waals surface area contributed by atoms with Gasteiger partial charge in [-0.1, -0.05) is 43.4 Å². The molecule has 4 aromatic carbocycles.